The summed E-state index contributed by atoms with van der Waals surface area (Å²) in [7, 11) is 5.81. The Morgan fingerprint density at radius 3 is 1.93 bits per heavy atom. The van der Waals surface area contributed by atoms with Crippen molar-refractivity contribution in [1.82, 2.24) is 0 Å². The minimum Gasteiger partial charge on any atom is -0.433 e. The summed E-state index contributed by atoms with van der Waals surface area (Å²) in [4.78, 5) is 0. The summed E-state index contributed by atoms with van der Waals surface area (Å²) in [5, 5.41) is 10.1. The largest absolute Gasteiger partial charge is 0.433 e. The Bertz CT molecular complexity index is 939. The van der Waals surface area contributed by atoms with Gasteiger partial charge in [0.15, 0.2) is 0 Å². The third-order valence-electron chi connectivity index (χ3n) is 5.21. The van der Waals surface area contributed by atoms with Crippen LogP contribution in [-0.4, -0.2) is 40.2 Å². The van der Waals surface area contributed by atoms with E-state index in [1.54, 1.807) is 0 Å². The fraction of sp³-hybridized carbons (Fsp3) is 0.292. The average molecular weight is 407 g/mol. The molecule has 0 amide bonds. The lowest BCUT2D eigenvalue weighted by Crippen LogP contribution is -2.66. The summed E-state index contributed by atoms with van der Waals surface area (Å²) >= 11 is 0. The zero-order valence-corrected chi connectivity index (χ0v) is 17.5. The van der Waals surface area contributed by atoms with Crippen molar-refractivity contribution in [2.24, 2.45) is 5.92 Å². The van der Waals surface area contributed by atoms with E-state index in [1.165, 1.54) is 28.4 Å². The molecule has 0 fully saturated rings. The highest BCUT2D eigenvalue weighted by Gasteiger charge is 2.66. The van der Waals surface area contributed by atoms with Gasteiger partial charge in [0.2, 0.25) is 0 Å². The van der Waals surface area contributed by atoms with Crippen molar-refractivity contribution in [1.29, 1.82) is 5.26 Å². The molecule has 0 aromatic heterocycles. The molecule has 30 heavy (non-hydrogen) atoms. The van der Waals surface area contributed by atoms with Crippen LogP contribution in [0.2, 0.25) is 0 Å². The first kappa shape index (κ1) is 21.8. The van der Waals surface area contributed by atoms with Gasteiger partial charge in [-0.05, 0) is 5.56 Å². The van der Waals surface area contributed by atoms with E-state index < -0.39 is 17.7 Å². The van der Waals surface area contributed by atoms with Gasteiger partial charge in [0.05, 0.1) is 17.6 Å². The normalized spacial score (nSPS) is 20.0. The molecular weight excluding hydrogens is 382 g/mol. The number of ether oxygens (including phenoxy) is 5. The highest BCUT2D eigenvalue weighted by atomic mass is 16.9. The summed E-state index contributed by atoms with van der Waals surface area (Å²) < 4.78 is 29.2. The minimum atomic E-state index is -1.76. The van der Waals surface area contributed by atoms with E-state index in [9.17, 15) is 5.26 Å². The molecule has 2 aromatic carbocycles. The van der Waals surface area contributed by atoms with E-state index in [0.717, 1.165) is 5.56 Å². The molecule has 156 valence electrons. The van der Waals surface area contributed by atoms with Gasteiger partial charge in [-0.3, -0.25) is 0 Å². The van der Waals surface area contributed by atoms with Crippen LogP contribution < -0.4 is 0 Å². The highest BCUT2D eigenvalue weighted by Crippen LogP contribution is 2.50. The van der Waals surface area contributed by atoms with Gasteiger partial charge in [0.25, 0.3) is 5.79 Å². The molecule has 1 aliphatic heterocycles. The van der Waals surface area contributed by atoms with Crippen LogP contribution in [-0.2, 0) is 23.7 Å². The number of hydrogen-bond acceptors (Lipinski definition) is 6. The van der Waals surface area contributed by atoms with Crippen molar-refractivity contribution < 1.29 is 23.7 Å². The highest BCUT2D eigenvalue weighted by molar-refractivity contribution is 5.70. The molecule has 2 aromatic rings. The minimum absolute atomic E-state index is 0.335. The molecular formula is C24H25NO5. The molecule has 1 heterocycles. The standard InChI is InChI=1S/C24H25NO5/c1-26-23(27-2)21(16-15-18-11-7-5-8-12-18)20(17-25)22(19-13-9-6-10-14-19)30-24(23,28-3)29-4/h5-16,21H,1-4H3/b16-15-/t21-/m1/s1. The third kappa shape index (κ3) is 3.53. The maximum atomic E-state index is 10.1. The Balaban J connectivity index is 2.27. The first-order valence-electron chi connectivity index (χ1n) is 9.44. The molecule has 0 N–H and O–H groups in total. The first-order valence-corrected chi connectivity index (χ1v) is 9.44. The van der Waals surface area contributed by atoms with Crippen LogP contribution >= 0.6 is 0 Å². The molecule has 0 spiro atoms. The second-order valence-electron chi connectivity index (χ2n) is 6.61. The zero-order valence-electron chi connectivity index (χ0n) is 17.5. The monoisotopic (exact) mass is 407 g/mol. The molecule has 0 saturated carbocycles. The summed E-state index contributed by atoms with van der Waals surface area (Å²) in [5.74, 6) is -3.69. The molecule has 0 radical (unpaired) electrons. The van der Waals surface area contributed by atoms with Gasteiger partial charge in [-0.25, -0.2) is 0 Å². The molecule has 3 rings (SSSR count). The van der Waals surface area contributed by atoms with Crippen LogP contribution in [0.15, 0.2) is 72.3 Å². The second kappa shape index (κ2) is 9.24. The lowest BCUT2D eigenvalue weighted by atomic mass is 9.83. The average Bonchev–Trinajstić information content (AvgIpc) is 2.82. The molecule has 6 heteroatoms. The van der Waals surface area contributed by atoms with Crippen molar-refractivity contribution in [3.63, 3.8) is 0 Å². The van der Waals surface area contributed by atoms with E-state index >= 15 is 0 Å². The first-order chi connectivity index (χ1) is 14.6. The fourth-order valence-corrected chi connectivity index (χ4v) is 3.74. The van der Waals surface area contributed by atoms with Crippen molar-refractivity contribution >= 4 is 11.8 Å². The van der Waals surface area contributed by atoms with Crippen molar-refractivity contribution in [3.8, 4) is 6.07 Å². The van der Waals surface area contributed by atoms with Crippen LogP contribution in [0.3, 0.4) is 0 Å². The Hall–Kier alpha value is -2.95. The second-order valence-corrected chi connectivity index (χ2v) is 6.61. The molecule has 0 aliphatic carbocycles. The molecule has 1 aliphatic rings. The Labute approximate surface area is 176 Å². The Morgan fingerprint density at radius 1 is 0.867 bits per heavy atom. The topological polar surface area (TPSA) is 69.9 Å². The van der Waals surface area contributed by atoms with E-state index in [4.69, 9.17) is 23.7 Å². The lowest BCUT2D eigenvalue weighted by Gasteiger charge is -2.50. The van der Waals surface area contributed by atoms with Crippen molar-refractivity contribution in [2.45, 2.75) is 11.8 Å². The summed E-state index contributed by atoms with van der Waals surface area (Å²) in [6.07, 6.45) is 3.75. The lowest BCUT2D eigenvalue weighted by molar-refractivity contribution is -0.476. The number of hydrogen-bond donors (Lipinski definition) is 0. The molecule has 0 bridgehead atoms. The maximum absolute atomic E-state index is 10.1. The van der Waals surface area contributed by atoms with Gasteiger partial charge in [-0.1, -0.05) is 72.8 Å². The predicted octanol–water partition coefficient (Wildman–Crippen LogP) is 4.22. The van der Waals surface area contributed by atoms with E-state index in [2.05, 4.69) is 6.07 Å². The number of benzene rings is 2. The van der Waals surface area contributed by atoms with Crippen LogP contribution in [0.25, 0.3) is 11.8 Å². The van der Waals surface area contributed by atoms with E-state index in [0.29, 0.717) is 16.9 Å². The van der Waals surface area contributed by atoms with Crippen molar-refractivity contribution in [2.75, 3.05) is 28.4 Å². The van der Waals surface area contributed by atoms with Gasteiger partial charge in [-0.15, -0.1) is 0 Å². The van der Waals surface area contributed by atoms with Crippen molar-refractivity contribution in [3.05, 3.63) is 83.4 Å². The summed E-state index contributed by atoms with van der Waals surface area (Å²) in [6.45, 7) is 0. The van der Waals surface area contributed by atoms with Crippen LogP contribution in [0.1, 0.15) is 11.1 Å². The summed E-state index contributed by atoms with van der Waals surface area (Å²) in [5.41, 5.74) is 2.01. The Morgan fingerprint density at radius 2 is 1.43 bits per heavy atom. The molecule has 0 saturated heterocycles. The molecule has 0 unspecified atom stereocenters. The predicted molar refractivity (Wildman–Crippen MR) is 113 cm³/mol. The third-order valence-corrected chi connectivity index (χ3v) is 5.21. The fourth-order valence-electron chi connectivity index (χ4n) is 3.74. The number of methoxy groups -OCH3 is 4. The van der Waals surface area contributed by atoms with Crippen LogP contribution in [0, 0.1) is 17.2 Å². The molecule has 1 atom stereocenters. The summed E-state index contributed by atoms with van der Waals surface area (Å²) in [6, 6.07) is 21.4. The quantitative estimate of drug-likeness (QED) is 0.640. The maximum Gasteiger partial charge on any atom is 0.385 e. The van der Waals surface area contributed by atoms with Crippen LogP contribution in [0.4, 0.5) is 0 Å². The zero-order chi connectivity index (χ0) is 21.6. The van der Waals surface area contributed by atoms with Gasteiger partial charge in [0, 0.05) is 34.0 Å². The van der Waals surface area contributed by atoms with Gasteiger partial charge in [-0.2, -0.15) is 5.26 Å². The van der Waals surface area contributed by atoms with Gasteiger partial charge in [0.1, 0.15) is 5.76 Å². The van der Waals surface area contributed by atoms with Gasteiger partial charge < -0.3 is 23.7 Å². The molecule has 6 nitrogen and oxygen atoms in total. The van der Waals surface area contributed by atoms with E-state index in [1.807, 2.05) is 72.8 Å². The number of rotatable bonds is 7. The Kier molecular flexibility index (Phi) is 6.70. The van der Waals surface area contributed by atoms with Gasteiger partial charge >= 0.3 is 5.97 Å². The van der Waals surface area contributed by atoms with Crippen LogP contribution in [0.5, 0.6) is 0 Å². The smallest absolute Gasteiger partial charge is 0.385 e. The van der Waals surface area contributed by atoms with E-state index in [-0.39, 0.29) is 0 Å². The number of nitriles is 1. The SMILES string of the molecule is COC1(OC)OC(c2ccccc2)=C(C#N)[C@@H](/C=C\c2ccccc2)C1(OC)OC. The number of nitrogens with zero attached hydrogens (tertiary/aromatic N) is 1.